The van der Waals surface area contributed by atoms with Crippen LogP contribution in [0.15, 0.2) is 29.5 Å². The highest BCUT2D eigenvalue weighted by Gasteiger charge is 2.12. The number of aromatic nitrogens is 3. The Balaban J connectivity index is 2.27. The van der Waals surface area contributed by atoms with Crippen LogP contribution in [0.5, 0.6) is 0 Å². The van der Waals surface area contributed by atoms with Gasteiger partial charge in [-0.05, 0) is 18.6 Å². The first kappa shape index (κ1) is 12.3. The molecule has 2 heterocycles. The van der Waals surface area contributed by atoms with E-state index >= 15 is 0 Å². The average Bonchev–Trinajstić information content (AvgIpc) is 2.34. The number of rotatable bonds is 2. The van der Waals surface area contributed by atoms with E-state index in [0.717, 1.165) is 11.8 Å². The van der Waals surface area contributed by atoms with E-state index in [2.05, 4.69) is 20.3 Å². The molecule has 0 saturated carbocycles. The zero-order chi connectivity index (χ0) is 13.1. The molecule has 0 radical (unpaired) electrons. The Morgan fingerprint density at radius 3 is 2.83 bits per heavy atom. The van der Waals surface area contributed by atoms with Crippen molar-refractivity contribution in [1.82, 2.24) is 15.0 Å². The van der Waals surface area contributed by atoms with Gasteiger partial charge in [0, 0.05) is 12.4 Å². The van der Waals surface area contributed by atoms with Gasteiger partial charge >= 0.3 is 0 Å². The Hall–Kier alpha value is -2.21. The maximum Gasteiger partial charge on any atom is 0.275 e. The first-order chi connectivity index (χ1) is 8.58. The molecule has 0 aliphatic heterocycles. The smallest absolute Gasteiger partial charge is 0.275 e. The fourth-order valence-corrected chi connectivity index (χ4v) is 1.57. The molecule has 1 amide bonds. The van der Waals surface area contributed by atoms with Crippen molar-refractivity contribution >= 4 is 23.2 Å². The minimum Gasteiger partial charge on any atom is -0.325 e. The number of H-pyrrole nitrogens is 1. The molecule has 0 bridgehead atoms. The molecule has 0 spiro atoms. The van der Waals surface area contributed by atoms with Crippen molar-refractivity contribution in [2.24, 2.45) is 0 Å². The second kappa shape index (κ2) is 4.97. The van der Waals surface area contributed by atoms with Gasteiger partial charge in [0.2, 0.25) is 0 Å². The first-order valence-electron chi connectivity index (χ1n) is 5.05. The van der Waals surface area contributed by atoms with Crippen molar-refractivity contribution in [1.29, 1.82) is 0 Å². The van der Waals surface area contributed by atoms with Crippen LogP contribution in [0.1, 0.15) is 16.1 Å². The number of nitrogens with zero attached hydrogens (tertiary/aromatic N) is 2. The lowest BCUT2D eigenvalue weighted by atomic mass is 10.2. The lowest BCUT2D eigenvalue weighted by Gasteiger charge is -2.08. The Kier molecular flexibility index (Phi) is 3.38. The van der Waals surface area contributed by atoms with Crippen molar-refractivity contribution in [3.63, 3.8) is 0 Å². The third-order valence-corrected chi connectivity index (χ3v) is 2.54. The SMILES string of the molecule is Cc1ccnc(Cl)c1NC(=O)c1c[nH]c(=O)cn1. The maximum atomic E-state index is 11.8. The average molecular weight is 265 g/mol. The van der Waals surface area contributed by atoms with Gasteiger partial charge in [-0.3, -0.25) is 9.59 Å². The van der Waals surface area contributed by atoms with E-state index in [1.165, 1.54) is 6.20 Å². The highest BCUT2D eigenvalue weighted by atomic mass is 35.5. The van der Waals surface area contributed by atoms with Gasteiger partial charge in [-0.1, -0.05) is 11.6 Å². The molecule has 0 saturated heterocycles. The van der Waals surface area contributed by atoms with Gasteiger partial charge in [0.05, 0.1) is 11.9 Å². The van der Waals surface area contributed by atoms with Crippen LogP contribution < -0.4 is 10.9 Å². The van der Waals surface area contributed by atoms with E-state index < -0.39 is 5.91 Å². The monoisotopic (exact) mass is 264 g/mol. The number of hydrogen-bond donors (Lipinski definition) is 2. The van der Waals surface area contributed by atoms with Gasteiger partial charge in [-0.15, -0.1) is 0 Å². The summed E-state index contributed by atoms with van der Waals surface area (Å²) in [6.45, 7) is 1.80. The summed E-state index contributed by atoms with van der Waals surface area (Å²) >= 11 is 5.88. The van der Waals surface area contributed by atoms with Crippen molar-refractivity contribution < 1.29 is 4.79 Å². The van der Waals surface area contributed by atoms with Crippen molar-refractivity contribution in [3.05, 3.63) is 51.4 Å². The number of aryl methyl sites for hydroxylation is 1. The number of amides is 1. The Labute approximate surface area is 107 Å². The van der Waals surface area contributed by atoms with E-state index in [1.807, 2.05) is 0 Å². The van der Waals surface area contributed by atoms with Crippen LogP contribution in [0, 0.1) is 6.92 Å². The Bertz CT molecular complexity index is 613. The number of aromatic amines is 1. The number of nitrogens with one attached hydrogen (secondary N) is 2. The first-order valence-corrected chi connectivity index (χ1v) is 5.43. The summed E-state index contributed by atoms with van der Waals surface area (Å²) in [5.41, 5.74) is 0.931. The van der Waals surface area contributed by atoms with Gasteiger partial charge in [-0.25, -0.2) is 9.97 Å². The summed E-state index contributed by atoms with van der Waals surface area (Å²) < 4.78 is 0. The normalized spacial score (nSPS) is 10.1. The molecular formula is C11H9ClN4O2. The molecular weight excluding hydrogens is 256 g/mol. The van der Waals surface area contributed by atoms with Crippen molar-refractivity contribution in [2.75, 3.05) is 5.32 Å². The largest absolute Gasteiger partial charge is 0.325 e. The number of halogens is 1. The number of pyridine rings is 1. The molecule has 7 heteroatoms. The lowest BCUT2D eigenvalue weighted by molar-refractivity contribution is 0.102. The summed E-state index contributed by atoms with van der Waals surface area (Å²) in [7, 11) is 0. The summed E-state index contributed by atoms with van der Waals surface area (Å²) in [6.07, 6.45) is 3.81. The van der Waals surface area contributed by atoms with Crippen LogP contribution in [-0.2, 0) is 0 Å². The zero-order valence-corrected chi connectivity index (χ0v) is 10.2. The van der Waals surface area contributed by atoms with E-state index in [4.69, 9.17) is 11.6 Å². The summed E-state index contributed by atoms with van der Waals surface area (Å²) in [5.74, 6) is -0.468. The van der Waals surface area contributed by atoms with Crippen molar-refractivity contribution in [2.45, 2.75) is 6.92 Å². The highest BCUT2D eigenvalue weighted by molar-refractivity contribution is 6.32. The second-order valence-corrected chi connectivity index (χ2v) is 3.90. The predicted molar refractivity (Wildman–Crippen MR) is 66.8 cm³/mol. The third-order valence-electron chi connectivity index (χ3n) is 2.26. The topological polar surface area (TPSA) is 87.7 Å². The molecule has 0 aliphatic carbocycles. The molecule has 0 unspecified atom stereocenters. The minimum absolute atomic E-state index is 0.0916. The van der Waals surface area contributed by atoms with Crippen LogP contribution in [0.4, 0.5) is 5.69 Å². The molecule has 2 rings (SSSR count). The molecule has 2 aromatic rings. The summed E-state index contributed by atoms with van der Waals surface area (Å²) in [6, 6.07) is 1.72. The van der Waals surface area contributed by atoms with Gasteiger partial charge in [0.25, 0.3) is 11.5 Å². The minimum atomic E-state index is -0.468. The van der Waals surface area contributed by atoms with Crippen LogP contribution >= 0.6 is 11.6 Å². The van der Waals surface area contributed by atoms with E-state index in [-0.39, 0.29) is 16.4 Å². The number of carbonyl (C=O) groups is 1. The predicted octanol–water partition coefficient (Wildman–Crippen LogP) is 1.38. The Morgan fingerprint density at radius 1 is 1.44 bits per heavy atom. The molecule has 0 atom stereocenters. The fourth-order valence-electron chi connectivity index (χ4n) is 1.32. The van der Waals surface area contributed by atoms with E-state index in [9.17, 15) is 9.59 Å². The maximum absolute atomic E-state index is 11.8. The molecule has 18 heavy (non-hydrogen) atoms. The summed E-state index contributed by atoms with van der Waals surface area (Å²) in [4.78, 5) is 32.6. The fraction of sp³-hybridized carbons (Fsp3) is 0.0909. The van der Waals surface area contributed by atoms with Gasteiger partial charge in [-0.2, -0.15) is 0 Å². The molecule has 2 N–H and O–H groups in total. The molecule has 0 fully saturated rings. The highest BCUT2D eigenvalue weighted by Crippen LogP contribution is 2.22. The van der Waals surface area contributed by atoms with Crippen LogP contribution in [0.2, 0.25) is 5.15 Å². The number of carbonyl (C=O) groups excluding carboxylic acids is 1. The second-order valence-electron chi connectivity index (χ2n) is 3.54. The number of hydrogen-bond acceptors (Lipinski definition) is 4. The van der Waals surface area contributed by atoms with Gasteiger partial charge in [0.15, 0.2) is 5.15 Å². The van der Waals surface area contributed by atoms with Gasteiger partial charge in [0.1, 0.15) is 5.69 Å². The molecule has 0 aromatic carbocycles. The standard InChI is InChI=1S/C11H9ClN4O2/c1-6-2-3-13-10(12)9(6)16-11(18)7-4-15-8(17)5-14-7/h2-5H,1H3,(H,15,17)(H,16,18). The zero-order valence-electron chi connectivity index (χ0n) is 9.40. The third kappa shape index (κ3) is 2.54. The van der Waals surface area contributed by atoms with Crippen molar-refractivity contribution in [3.8, 4) is 0 Å². The lowest BCUT2D eigenvalue weighted by Crippen LogP contribution is -2.17. The van der Waals surface area contributed by atoms with E-state index in [1.54, 1.807) is 19.2 Å². The van der Waals surface area contributed by atoms with Crippen LogP contribution in [0.3, 0.4) is 0 Å². The van der Waals surface area contributed by atoms with Crippen LogP contribution in [0.25, 0.3) is 0 Å². The molecule has 6 nitrogen and oxygen atoms in total. The molecule has 92 valence electrons. The van der Waals surface area contributed by atoms with E-state index in [0.29, 0.717) is 5.69 Å². The van der Waals surface area contributed by atoms with Gasteiger partial charge < -0.3 is 10.3 Å². The summed E-state index contributed by atoms with van der Waals surface area (Å²) in [5, 5.41) is 2.80. The quantitative estimate of drug-likeness (QED) is 0.802. The number of anilines is 1. The Morgan fingerprint density at radius 2 is 2.22 bits per heavy atom. The van der Waals surface area contributed by atoms with Crippen LogP contribution in [-0.4, -0.2) is 20.9 Å². The molecule has 2 aromatic heterocycles. The molecule has 0 aliphatic rings.